The highest BCUT2D eigenvalue weighted by Gasteiger charge is 2.22. The molecule has 23 heavy (non-hydrogen) atoms. The third-order valence-corrected chi connectivity index (χ3v) is 4.39. The second-order valence-corrected chi connectivity index (χ2v) is 6.24. The maximum atomic E-state index is 12.6. The molecule has 2 aromatic rings. The standard InChI is InChI=1S/C19H23N3O/c1-15-8-11-22(12-9-15)19(23)18-13-17(7-10-20-18)21-14-16-5-3-2-4-6-16/h2-7,10,13,15H,8-9,11-12,14H2,1H3,(H,20,21). The van der Waals surface area contributed by atoms with E-state index in [0.717, 1.165) is 38.2 Å². The highest BCUT2D eigenvalue weighted by Crippen LogP contribution is 2.18. The lowest BCUT2D eigenvalue weighted by Gasteiger charge is -2.30. The third kappa shape index (κ3) is 4.09. The number of likely N-dealkylation sites (tertiary alicyclic amines) is 1. The van der Waals surface area contributed by atoms with Gasteiger partial charge < -0.3 is 10.2 Å². The quantitative estimate of drug-likeness (QED) is 0.939. The highest BCUT2D eigenvalue weighted by atomic mass is 16.2. The van der Waals surface area contributed by atoms with Crippen LogP contribution < -0.4 is 5.32 Å². The maximum Gasteiger partial charge on any atom is 0.272 e. The Morgan fingerprint density at radius 2 is 1.96 bits per heavy atom. The number of carbonyl (C=O) groups excluding carboxylic acids is 1. The molecule has 0 spiro atoms. The maximum absolute atomic E-state index is 12.6. The minimum absolute atomic E-state index is 0.0419. The Labute approximate surface area is 137 Å². The Morgan fingerprint density at radius 3 is 2.70 bits per heavy atom. The van der Waals surface area contributed by atoms with Crippen LogP contribution in [0.4, 0.5) is 5.69 Å². The van der Waals surface area contributed by atoms with Crippen LogP contribution in [0, 0.1) is 5.92 Å². The largest absolute Gasteiger partial charge is 0.381 e. The summed E-state index contributed by atoms with van der Waals surface area (Å²) in [6.45, 7) is 4.65. The summed E-state index contributed by atoms with van der Waals surface area (Å²) in [7, 11) is 0. The van der Waals surface area contributed by atoms with Crippen molar-refractivity contribution in [3.63, 3.8) is 0 Å². The van der Waals surface area contributed by atoms with Gasteiger partial charge in [-0.05, 0) is 36.5 Å². The number of piperidine rings is 1. The topological polar surface area (TPSA) is 45.2 Å². The molecular formula is C19H23N3O. The van der Waals surface area contributed by atoms with E-state index in [1.54, 1.807) is 6.20 Å². The van der Waals surface area contributed by atoms with Gasteiger partial charge in [-0.15, -0.1) is 0 Å². The molecule has 1 aromatic carbocycles. The summed E-state index contributed by atoms with van der Waals surface area (Å²) < 4.78 is 0. The summed E-state index contributed by atoms with van der Waals surface area (Å²) >= 11 is 0. The summed E-state index contributed by atoms with van der Waals surface area (Å²) in [6, 6.07) is 14.0. The molecular weight excluding hydrogens is 286 g/mol. The number of aromatic nitrogens is 1. The number of pyridine rings is 1. The average Bonchev–Trinajstić information content (AvgIpc) is 2.61. The molecule has 1 amide bonds. The van der Waals surface area contributed by atoms with Crippen LogP contribution in [0.3, 0.4) is 0 Å². The Kier molecular flexibility index (Phi) is 4.91. The van der Waals surface area contributed by atoms with Crippen molar-refractivity contribution in [3.05, 3.63) is 59.9 Å². The fourth-order valence-corrected chi connectivity index (χ4v) is 2.83. The zero-order chi connectivity index (χ0) is 16.1. The van der Waals surface area contributed by atoms with Crippen LogP contribution in [-0.2, 0) is 6.54 Å². The summed E-state index contributed by atoms with van der Waals surface area (Å²) in [4.78, 5) is 18.7. The van der Waals surface area contributed by atoms with Crippen molar-refractivity contribution in [1.29, 1.82) is 0 Å². The van der Waals surface area contributed by atoms with Crippen molar-refractivity contribution >= 4 is 11.6 Å². The predicted octanol–water partition coefficient (Wildman–Crippen LogP) is 3.57. The summed E-state index contributed by atoms with van der Waals surface area (Å²) in [6.07, 6.45) is 3.86. The number of benzene rings is 1. The fraction of sp³-hybridized carbons (Fsp3) is 0.368. The van der Waals surface area contributed by atoms with Crippen molar-refractivity contribution < 1.29 is 4.79 Å². The minimum Gasteiger partial charge on any atom is -0.381 e. The first kappa shape index (κ1) is 15.5. The number of nitrogens with one attached hydrogen (secondary N) is 1. The Bertz CT molecular complexity index is 649. The van der Waals surface area contributed by atoms with E-state index in [4.69, 9.17) is 0 Å². The number of nitrogens with zero attached hydrogens (tertiary/aromatic N) is 2. The Morgan fingerprint density at radius 1 is 1.22 bits per heavy atom. The molecule has 1 aliphatic rings. The molecule has 4 heteroatoms. The van der Waals surface area contributed by atoms with Gasteiger partial charge in [-0.3, -0.25) is 9.78 Å². The van der Waals surface area contributed by atoms with Gasteiger partial charge in [0.05, 0.1) is 0 Å². The van der Waals surface area contributed by atoms with Gasteiger partial charge in [0, 0.05) is 31.5 Å². The van der Waals surface area contributed by atoms with Crippen LogP contribution in [0.15, 0.2) is 48.7 Å². The SMILES string of the molecule is CC1CCN(C(=O)c2cc(NCc3ccccc3)ccn2)CC1. The number of anilines is 1. The van der Waals surface area contributed by atoms with Crippen molar-refractivity contribution in [2.75, 3.05) is 18.4 Å². The number of hydrogen-bond acceptors (Lipinski definition) is 3. The van der Waals surface area contributed by atoms with E-state index in [0.29, 0.717) is 11.6 Å². The lowest BCUT2D eigenvalue weighted by molar-refractivity contribution is 0.0691. The van der Waals surface area contributed by atoms with E-state index < -0.39 is 0 Å². The van der Waals surface area contributed by atoms with Crippen molar-refractivity contribution in [2.24, 2.45) is 5.92 Å². The number of amides is 1. The molecule has 0 unspecified atom stereocenters. The zero-order valence-electron chi connectivity index (χ0n) is 13.5. The van der Waals surface area contributed by atoms with E-state index in [-0.39, 0.29) is 5.91 Å². The van der Waals surface area contributed by atoms with Crippen molar-refractivity contribution in [3.8, 4) is 0 Å². The van der Waals surface area contributed by atoms with E-state index in [1.807, 2.05) is 35.2 Å². The highest BCUT2D eigenvalue weighted by molar-refractivity contribution is 5.93. The van der Waals surface area contributed by atoms with Crippen LogP contribution >= 0.6 is 0 Å². The van der Waals surface area contributed by atoms with Gasteiger partial charge in [0.15, 0.2) is 0 Å². The lowest BCUT2D eigenvalue weighted by atomic mass is 9.99. The van der Waals surface area contributed by atoms with Crippen LogP contribution in [0.5, 0.6) is 0 Å². The fourth-order valence-electron chi connectivity index (χ4n) is 2.83. The van der Waals surface area contributed by atoms with Gasteiger partial charge in [-0.25, -0.2) is 0 Å². The predicted molar refractivity (Wildman–Crippen MR) is 92.3 cm³/mol. The van der Waals surface area contributed by atoms with E-state index in [2.05, 4.69) is 29.4 Å². The summed E-state index contributed by atoms with van der Waals surface area (Å²) in [5.74, 6) is 0.756. The number of rotatable bonds is 4. The molecule has 3 rings (SSSR count). The van der Waals surface area contributed by atoms with Gasteiger partial charge in [0.2, 0.25) is 0 Å². The molecule has 4 nitrogen and oxygen atoms in total. The van der Waals surface area contributed by atoms with E-state index in [1.165, 1.54) is 5.56 Å². The molecule has 1 N–H and O–H groups in total. The van der Waals surface area contributed by atoms with E-state index >= 15 is 0 Å². The van der Waals surface area contributed by atoms with Crippen molar-refractivity contribution in [2.45, 2.75) is 26.3 Å². The molecule has 0 aliphatic carbocycles. The molecule has 0 radical (unpaired) electrons. The van der Waals surface area contributed by atoms with Gasteiger partial charge in [0.1, 0.15) is 5.69 Å². The smallest absolute Gasteiger partial charge is 0.272 e. The van der Waals surface area contributed by atoms with Gasteiger partial charge in [-0.1, -0.05) is 37.3 Å². The second kappa shape index (κ2) is 7.27. The van der Waals surface area contributed by atoms with Crippen LogP contribution in [-0.4, -0.2) is 28.9 Å². The second-order valence-electron chi connectivity index (χ2n) is 6.24. The lowest BCUT2D eigenvalue weighted by Crippen LogP contribution is -2.38. The zero-order valence-corrected chi connectivity index (χ0v) is 13.5. The van der Waals surface area contributed by atoms with E-state index in [9.17, 15) is 4.79 Å². The number of carbonyl (C=O) groups is 1. The molecule has 120 valence electrons. The monoisotopic (exact) mass is 309 g/mol. The third-order valence-electron chi connectivity index (χ3n) is 4.39. The first-order chi connectivity index (χ1) is 11.2. The summed E-state index contributed by atoms with van der Waals surface area (Å²) in [5.41, 5.74) is 2.66. The van der Waals surface area contributed by atoms with Crippen molar-refractivity contribution in [1.82, 2.24) is 9.88 Å². The van der Waals surface area contributed by atoms with Crippen LogP contribution in [0.25, 0.3) is 0 Å². The molecule has 1 fully saturated rings. The Balaban J connectivity index is 1.64. The normalized spacial score (nSPS) is 15.4. The van der Waals surface area contributed by atoms with Gasteiger partial charge in [0.25, 0.3) is 5.91 Å². The van der Waals surface area contributed by atoms with Crippen LogP contribution in [0.1, 0.15) is 35.8 Å². The first-order valence-corrected chi connectivity index (χ1v) is 8.25. The number of hydrogen-bond donors (Lipinski definition) is 1. The average molecular weight is 309 g/mol. The van der Waals surface area contributed by atoms with Gasteiger partial charge >= 0.3 is 0 Å². The van der Waals surface area contributed by atoms with Crippen LogP contribution in [0.2, 0.25) is 0 Å². The molecule has 1 aliphatic heterocycles. The molecule has 1 aromatic heterocycles. The molecule has 1 saturated heterocycles. The van der Waals surface area contributed by atoms with Gasteiger partial charge in [-0.2, -0.15) is 0 Å². The molecule has 2 heterocycles. The first-order valence-electron chi connectivity index (χ1n) is 8.25. The minimum atomic E-state index is 0.0419. The Hall–Kier alpha value is -2.36. The molecule has 0 bridgehead atoms. The molecule has 0 atom stereocenters. The summed E-state index contributed by atoms with van der Waals surface area (Å²) in [5, 5.41) is 3.36. The molecule has 0 saturated carbocycles.